The maximum Gasteiger partial charge on any atom is 0.292 e. The molecule has 408 valence electrons. The van der Waals surface area contributed by atoms with E-state index in [2.05, 4.69) is 155 Å². The van der Waals surface area contributed by atoms with Gasteiger partial charge in [-0.1, -0.05) is 111 Å². The quantitative estimate of drug-likeness (QED) is 0.0130. The van der Waals surface area contributed by atoms with Gasteiger partial charge in [0, 0.05) is 66.0 Å². The maximum absolute atomic E-state index is 14.2. The largest absolute Gasteiger partial charge is 0.497 e. The number of allylic oxidation sites excluding steroid dienone is 4. The zero-order valence-electron chi connectivity index (χ0n) is 47.3. The van der Waals surface area contributed by atoms with Crippen molar-refractivity contribution in [2.24, 2.45) is 0 Å². The highest BCUT2D eigenvalue weighted by Gasteiger charge is 2.45. The fourth-order valence-electron chi connectivity index (χ4n) is 11.0. The number of hydrogen-bond donors (Lipinski definition) is 1. The van der Waals surface area contributed by atoms with E-state index >= 15 is 0 Å². The molecule has 2 heterocycles. The second-order valence-corrected chi connectivity index (χ2v) is 22.6. The van der Waals surface area contributed by atoms with E-state index in [0.29, 0.717) is 24.3 Å². The summed E-state index contributed by atoms with van der Waals surface area (Å²) in [4.78, 5) is 22.7. The number of fused-ring (bicyclic) bond motifs is 2. The number of hydrogen-bond acceptors (Lipinski definition) is 10. The van der Waals surface area contributed by atoms with Crippen molar-refractivity contribution in [3.63, 3.8) is 0 Å². The molecule has 0 aromatic heterocycles. The van der Waals surface area contributed by atoms with Gasteiger partial charge in [0.25, 0.3) is 8.53 Å². The van der Waals surface area contributed by atoms with Crippen LogP contribution in [0.3, 0.4) is 0 Å². The third kappa shape index (κ3) is 13.4. The summed E-state index contributed by atoms with van der Waals surface area (Å²) in [5.74, 6) is 1.31. The normalized spacial score (nSPS) is 16.1. The van der Waals surface area contributed by atoms with Crippen molar-refractivity contribution >= 4 is 31.5 Å². The zero-order valence-corrected chi connectivity index (χ0v) is 48.1. The molecule has 5 aromatic rings. The minimum Gasteiger partial charge on any atom is -0.497 e. The third-order valence-electron chi connectivity index (χ3n) is 14.8. The van der Waals surface area contributed by atoms with Gasteiger partial charge in [-0.25, -0.2) is 9.56 Å². The van der Waals surface area contributed by atoms with Crippen molar-refractivity contribution in [2.45, 2.75) is 129 Å². The number of nitrogens with one attached hydrogen (secondary N) is 1. The molecule has 1 N–H and O–H groups in total. The second-order valence-electron chi connectivity index (χ2n) is 21.3. The lowest BCUT2D eigenvalue weighted by Crippen LogP contribution is -2.45. The standard InChI is InChI=1S/C64H80N5O7P/c1-12-67-57-29-20-18-27-55(57)62(6,7)59(67)31-23-32-60-63(8,9)56-28-19-21-30-58(56)68(60)43-22-14-17-33-61(70)66-52(46-74-76-77(75-44-24-42-65)69(47(2)3)48(4)5)45-73-64(49-25-15-13-16-26-49,50-34-38-53(71-10)39-35-50)51-36-40-54(72-11)41-37-51/h13,15-16,18-21,23,25-32,34-41,47-48,52H,12,14,17,22,24,33,43-46H2,1-11H3/p+1. The van der Waals surface area contributed by atoms with Crippen molar-refractivity contribution in [1.29, 1.82) is 5.26 Å². The molecule has 2 aliphatic rings. The molecule has 0 aliphatic carbocycles. The van der Waals surface area contributed by atoms with Crippen molar-refractivity contribution in [3.8, 4) is 17.6 Å². The van der Waals surface area contributed by atoms with Crippen LogP contribution in [0.25, 0.3) is 0 Å². The predicted molar refractivity (Wildman–Crippen MR) is 310 cm³/mol. The first kappa shape index (κ1) is 58.5. The number of carbonyl (C=O) groups is 1. The van der Waals surface area contributed by atoms with Crippen LogP contribution < -0.4 is 19.7 Å². The first-order valence-electron chi connectivity index (χ1n) is 27.3. The lowest BCUT2D eigenvalue weighted by atomic mass is 9.80. The maximum atomic E-state index is 14.2. The van der Waals surface area contributed by atoms with E-state index in [0.717, 1.165) is 42.6 Å². The van der Waals surface area contributed by atoms with Crippen LogP contribution in [-0.2, 0) is 40.0 Å². The summed E-state index contributed by atoms with van der Waals surface area (Å²) in [7, 11) is 1.58. The molecular weight excluding hydrogens is 982 g/mol. The molecule has 0 saturated carbocycles. The number of methoxy groups -OCH3 is 2. The molecule has 2 atom stereocenters. The Morgan fingerprint density at radius 1 is 0.766 bits per heavy atom. The highest BCUT2D eigenvalue weighted by atomic mass is 31.2. The van der Waals surface area contributed by atoms with E-state index in [9.17, 15) is 10.1 Å². The first-order valence-corrected chi connectivity index (χ1v) is 28.4. The highest BCUT2D eigenvalue weighted by Crippen LogP contribution is 2.49. The average molecular weight is 1060 g/mol. The Morgan fingerprint density at radius 2 is 1.36 bits per heavy atom. The average Bonchev–Trinajstić information content (AvgIpc) is 3.79. The molecule has 7 rings (SSSR count). The second kappa shape index (κ2) is 26.9. The number of nitrogens with zero attached hydrogens (tertiary/aromatic N) is 4. The van der Waals surface area contributed by atoms with E-state index in [1.165, 1.54) is 33.9 Å². The smallest absolute Gasteiger partial charge is 0.292 e. The molecule has 0 spiro atoms. The Hall–Kier alpha value is -6.16. The lowest BCUT2D eigenvalue weighted by Gasteiger charge is -2.37. The van der Waals surface area contributed by atoms with Crippen molar-refractivity contribution in [3.05, 3.63) is 179 Å². The number of carbonyl (C=O) groups excluding carboxylic acids is 1. The van der Waals surface area contributed by atoms with Crippen LogP contribution in [0.15, 0.2) is 151 Å². The van der Waals surface area contributed by atoms with Gasteiger partial charge in [-0.3, -0.25) is 4.79 Å². The van der Waals surface area contributed by atoms with Crippen molar-refractivity contribution < 1.29 is 37.7 Å². The third-order valence-corrected chi connectivity index (χ3v) is 16.7. The van der Waals surface area contributed by atoms with Gasteiger partial charge in [0.05, 0.1) is 51.4 Å². The number of rotatable bonds is 28. The van der Waals surface area contributed by atoms with Gasteiger partial charge >= 0.3 is 0 Å². The Bertz CT molecular complexity index is 2800. The number of unbranched alkanes of at least 4 members (excludes halogenated alkanes) is 2. The van der Waals surface area contributed by atoms with Crippen LogP contribution in [0, 0.1) is 11.3 Å². The van der Waals surface area contributed by atoms with Gasteiger partial charge in [0.1, 0.15) is 30.3 Å². The van der Waals surface area contributed by atoms with E-state index in [1.807, 2.05) is 78.9 Å². The number of likely N-dealkylation sites (N-methyl/N-ethyl adjacent to an activating group) is 1. The number of anilines is 1. The summed E-state index contributed by atoms with van der Waals surface area (Å²) in [5.41, 5.74) is 8.90. The molecule has 0 radical (unpaired) electrons. The van der Waals surface area contributed by atoms with Gasteiger partial charge in [0.15, 0.2) is 5.71 Å². The molecule has 0 fully saturated rings. The monoisotopic (exact) mass is 1060 g/mol. The first-order chi connectivity index (χ1) is 37.1. The molecule has 0 bridgehead atoms. The minimum absolute atomic E-state index is 0.0415. The summed E-state index contributed by atoms with van der Waals surface area (Å²) >= 11 is 0. The fraction of sp³-hybridized carbons (Fsp3) is 0.422. The van der Waals surface area contributed by atoms with Gasteiger partial charge < -0.3 is 29.0 Å². The summed E-state index contributed by atoms with van der Waals surface area (Å²) in [6.45, 7) is 21.7. The van der Waals surface area contributed by atoms with Crippen molar-refractivity contribution in [2.75, 3.05) is 52.0 Å². The SMILES string of the molecule is CCN1/C(=C/C=C/C2=[N+](CCCCCC(=O)NC(COOP(OCCC#N)N(C(C)C)C(C)C)COC(c3ccccc3)(c3ccc(OC)cc3)c3ccc(OC)cc3)c3ccccc3C2(C)C)C(C)(C)c2ccccc21. The lowest BCUT2D eigenvalue weighted by molar-refractivity contribution is -0.438. The number of amides is 1. The Morgan fingerprint density at radius 3 is 1.97 bits per heavy atom. The van der Waals surface area contributed by atoms with Crippen LogP contribution in [0.1, 0.15) is 122 Å². The van der Waals surface area contributed by atoms with E-state index < -0.39 is 20.2 Å². The zero-order chi connectivity index (χ0) is 55.2. The Labute approximate surface area is 460 Å². The molecule has 12 nitrogen and oxygen atoms in total. The number of ether oxygens (including phenoxy) is 3. The van der Waals surface area contributed by atoms with Gasteiger partial charge in [-0.05, 0) is 120 Å². The topological polar surface area (TPSA) is 118 Å². The molecule has 1 amide bonds. The van der Waals surface area contributed by atoms with Crippen LogP contribution >= 0.6 is 8.53 Å². The van der Waals surface area contributed by atoms with E-state index in [4.69, 9.17) is 28.3 Å². The fourth-order valence-corrected chi connectivity index (χ4v) is 12.4. The van der Waals surface area contributed by atoms with Crippen molar-refractivity contribution in [1.82, 2.24) is 9.99 Å². The predicted octanol–water partition coefficient (Wildman–Crippen LogP) is 13.6. The van der Waals surface area contributed by atoms with Gasteiger partial charge in [-0.2, -0.15) is 14.5 Å². The van der Waals surface area contributed by atoms with E-state index in [-0.39, 0.29) is 55.1 Å². The Balaban J connectivity index is 1.11. The molecule has 13 heteroatoms. The number of para-hydroxylation sites is 2. The number of nitriles is 1. The molecular formula is C64H81N5O7P+. The summed E-state index contributed by atoms with van der Waals surface area (Å²) in [5, 5.41) is 12.6. The van der Waals surface area contributed by atoms with Crippen LogP contribution in [0.5, 0.6) is 11.5 Å². The molecule has 77 heavy (non-hydrogen) atoms. The van der Waals surface area contributed by atoms with Crippen LogP contribution in [-0.4, -0.2) is 86.1 Å². The van der Waals surface area contributed by atoms with Gasteiger partial charge in [0.2, 0.25) is 11.6 Å². The highest BCUT2D eigenvalue weighted by molar-refractivity contribution is 7.44. The molecule has 2 unspecified atom stereocenters. The molecule has 0 saturated heterocycles. The van der Waals surface area contributed by atoms with Crippen LogP contribution in [0.2, 0.25) is 0 Å². The summed E-state index contributed by atoms with van der Waals surface area (Å²) in [6, 6.07) is 44.9. The molecule has 2 aliphatic heterocycles. The van der Waals surface area contributed by atoms with Gasteiger partial charge in [-0.15, -0.1) is 0 Å². The number of benzene rings is 5. The summed E-state index contributed by atoms with van der Waals surface area (Å²) in [6.07, 6.45) is 9.81. The Kier molecular flexibility index (Phi) is 20.5. The van der Waals surface area contributed by atoms with Crippen LogP contribution in [0.4, 0.5) is 11.4 Å². The molecule has 5 aromatic carbocycles. The summed E-state index contributed by atoms with van der Waals surface area (Å²) < 4.78 is 35.3. The minimum atomic E-state index is -1.71. The van der Waals surface area contributed by atoms with E-state index in [1.54, 1.807) is 14.2 Å².